The number of hydrogen-bond acceptors (Lipinski definition) is 5. The van der Waals surface area contributed by atoms with Gasteiger partial charge in [0.25, 0.3) is 5.91 Å². The van der Waals surface area contributed by atoms with Gasteiger partial charge in [0.1, 0.15) is 18.1 Å². The SMILES string of the molecule is C=C(C)c1ccc(NC(=O)N2c3nc(C(=O)NCC(F)(F)F)ccc3N3CCC2C3)nc1. The van der Waals surface area contributed by atoms with Crippen molar-refractivity contribution in [3.05, 3.63) is 48.3 Å². The van der Waals surface area contributed by atoms with Crippen LogP contribution in [-0.4, -0.2) is 53.8 Å². The molecule has 2 aliphatic heterocycles. The first-order valence-corrected chi connectivity index (χ1v) is 9.95. The molecule has 1 fully saturated rings. The number of anilines is 3. The first kappa shape index (κ1) is 21.6. The Kier molecular flexibility index (Phi) is 5.49. The van der Waals surface area contributed by atoms with E-state index >= 15 is 0 Å². The number of nitrogens with zero attached hydrogens (tertiary/aromatic N) is 4. The number of amides is 3. The van der Waals surface area contributed by atoms with E-state index in [1.165, 1.54) is 11.0 Å². The van der Waals surface area contributed by atoms with Gasteiger partial charge in [-0.25, -0.2) is 14.8 Å². The van der Waals surface area contributed by atoms with Gasteiger partial charge in [0, 0.05) is 19.3 Å². The predicted octanol–water partition coefficient (Wildman–Crippen LogP) is 3.43. The molecule has 2 bridgehead atoms. The highest BCUT2D eigenvalue weighted by molar-refractivity contribution is 6.05. The highest BCUT2D eigenvalue weighted by Gasteiger charge is 2.40. The van der Waals surface area contributed by atoms with Gasteiger partial charge in [0.2, 0.25) is 0 Å². The molecule has 0 spiro atoms. The van der Waals surface area contributed by atoms with Gasteiger partial charge in [0.15, 0.2) is 5.82 Å². The van der Waals surface area contributed by atoms with Gasteiger partial charge in [-0.1, -0.05) is 6.58 Å². The Bertz CT molecular complexity index is 1070. The van der Waals surface area contributed by atoms with Crippen LogP contribution in [0, 0.1) is 0 Å². The molecule has 32 heavy (non-hydrogen) atoms. The fraction of sp³-hybridized carbons (Fsp3) is 0.333. The maximum Gasteiger partial charge on any atom is 0.405 e. The van der Waals surface area contributed by atoms with E-state index in [2.05, 4.69) is 21.9 Å². The highest BCUT2D eigenvalue weighted by atomic mass is 19.4. The first-order chi connectivity index (χ1) is 15.1. The number of alkyl halides is 3. The lowest BCUT2D eigenvalue weighted by Gasteiger charge is -2.35. The number of hydrogen-bond donors (Lipinski definition) is 2. The molecule has 0 aliphatic carbocycles. The zero-order valence-electron chi connectivity index (χ0n) is 17.2. The van der Waals surface area contributed by atoms with E-state index in [4.69, 9.17) is 0 Å². The molecule has 2 aliphatic rings. The van der Waals surface area contributed by atoms with Crippen molar-refractivity contribution in [1.82, 2.24) is 15.3 Å². The second-order valence-electron chi connectivity index (χ2n) is 7.74. The van der Waals surface area contributed by atoms with Gasteiger partial charge < -0.3 is 10.2 Å². The van der Waals surface area contributed by atoms with E-state index in [9.17, 15) is 22.8 Å². The summed E-state index contributed by atoms with van der Waals surface area (Å²) in [5, 5.41) is 4.54. The van der Waals surface area contributed by atoms with Crippen molar-refractivity contribution in [3.63, 3.8) is 0 Å². The minimum Gasteiger partial charge on any atom is -0.366 e. The number of carbonyl (C=O) groups excluding carboxylic acids is 2. The normalized spacial score (nSPS) is 17.1. The number of rotatable bonds is 4. The summed E-state index contributed by atoms with van der Waals surface area (Å²) in [4.78, 5) is 37.3. The first-order valence-electron chi connectivity index (χ1n) is 9.95. The van der Waals surface area contributed by atoms with E-state index in [-0.39, 0.29) is 17.6 Å². The number of carbonyl (C=O) groups is 2. The van der Waals surface area contributed by atoms with Crippen LogP contribution < -0.4 is 20.4 Å². The number of pyridine rings is 2. The number of halogens is 3. The van der Waals surface area contributed by atoms with Crippen LogP contribution in [0.25, 0.3) is 5.57 Å². The van der Waals surface area contributed by atoms with Crippen LogP contribution >= 0.6 is 0 Å². The van der Waals surface area contributed by atoms with Crippen LogP contribution in [0.15, 0.2) is 37.0 Å². The van der Waals surface area contributed by atoms with E-state index in [0.29, 0.717) is 31.0 Å². The molecule has 11 heteroatoms. The van der Waals surface area contributed by atoms with Crippen molar-refractivity contribution in [2.75, 3.05) is 34.8 Å². The zero-order valence-corrected chi connectivity index (χ0v) is 17.2. The Hall–Kier alpha value is -3.63. The average molecular weight is 446 g/mol. The van der Waals surface area contributed by atoms with Crippen LogP contribution in [0.1, 0.15) is 29.4 Å². The molecule has 2 N–H and O–H groups in total. The Balaban J connectivity index is 1.59. The highest BCUT2D eigenvalue weighted by Crippen LogP contribution is 2.39. The smallest absolute Gasteiger partial charge is 0.366 e. The Morgan fingerprint density at radius 2 is 2.03 bits per heavy atom. The van der Waals surface area contributed by atoms with E-state index in [1.54, 1.807) is 29.7 Å². The average Bonchev–Trinajstić information content (AvgIpc) is 3.15. The molecule has 1 unspecified atom stereocenters. The number of nitrogens with one attached hydrogen (secondary N) is 2. The molecular weight excluding hydrogens is 425 g/mol. The van der Waals surface area contributed by atoms with E-state index < -0.39 is 24.7 Å². The molecule has 2 aromatic heterocycles. The second kappa shape index (κ2) is 8.13. The molecule has 8 nitrogen and oxygen atoms in total. The number of allylic oxidation sites excluding steroid dienone is 1. The largest absolute Gasteiger partial charge is 0.405 e. The predicted molar refractivity (Wildman–Crippen MR) is 114 cm³/mol. The van der Waals surface area contributed by atoms with Crippen molar-refractivity contribution in [2.45, 2.75) is 25.6 Å². The summed E-state index contributed by atoms with van der Waals surface area (Å²) < 4.78 is 37.3. The molecular formula is C21H21F3N6O2. The monoisotopic (exact) mass is 446 g/mol. The summed E-state index contributed by atoms with van der Waals surface area (Å²) in [7, 11) is 0. The van der Waals surface area contributed by atoms with Gasteiger partial charge in [-0.2, -0.15) is 13.2 Å². The maximum absolute atomic E-state index is 13.1. The van der Waals surface area contributed by atoms with Crippen molar-refractivity contribution in [3.8, 4) is 0 Å². The Labute approximate surface area is 182 Å². The van der Waals surface area contributed by atoms with Gasteiger partial charge in [-0.05, 0) is 48.7 Å². The Morgan fingerprint density at radius 1 is 1.25 bits per heavy atom. The standard InChI is InChI=1S/C21H21F3N6O2/c1-12(2)13-3-6-17(25-9-13)28-20(32)30-14-7-8-29(10-14)16-5-4-15(27-18(16)30)19(31)26-11-21(22,23)24/h3-6,9,14H,1,7-8,10-11H2,2H3,(H,26,31)(H,25,28,32). The summed E-state index contributed by atoms with van der Waals surface area (Å²) in [6.45, 7) is 5.53. The molecule has 1 saturated heterocycles. The van der Waals surface area contributed by atoms with Crippen LogP contribution in [0.2, 0.25) is 0 Å². The molecule has 168 valence electrons. The number of urea groups is 1. The molecule has 1 atom stereocenters. The fourth-order valence-electron chi connectivity index (χ4n) is 3.76. The fourth-order valence-corrected chi connectivity index (χ4v) is 3.76. The minimum atomic E-state index is -4.53. The lowest BCUT2D eigenvalue weighted by molar-refractivity contribution is -0.123. The van der Waals surface area contributed by atoms with Gasteiger partial charge in [-0.3, -0.25) is 15.0 Å². The second-order valence-corrected chi connectivity index (χ2v) is 7.74. The molecule has 0 radical (unpaired) electrons. The lowest BCUT2D eigenvalue weighted by Crippen LogP contribution is -2.48. The summed E-state index contributed by atoms with van der Waals surface area (Å²) >= 11 is 0. The van der Waals surface area contributed by atoms with Gasteiger partial charge in [0.05, 0.1) is 11.7 Å². The lowest BCUT2D eigenvalue weighted by atomic mass is 10.1. The Morgan fingerprint density at radius 3 is 2.69 bits per heavy atom. The van der Waals surface area contributed by atoms with Gasteiger partial charge in [-0.15, -0.1) is 0 Å². The molecule has 0 saturated carbocycles. The maximum atomic E-state index is 13.1. The zero-order chi connectivity index (χ0) is 23.0. The molecule has 0 aromatic carbocycles. The summed E-state index contributed by atoms with van der Waals surface area (Å²) in [5.41, 5.74) is 2.13. The third kappa shape index (κ3) is 4.36. The van der Waals surface area contributed by atoms with Crippen LogP contribution in [-0.2, 0) is 0 Å². The van der Waals surface area contributed by atoms with E-state index in [0.717, 1.165) is 11.1 Å². The molecule has 2 aromatic rings. The van der Waals surface area contributed by atoms with Crippen molar-refractivity contribution in [1.29, 1.82) is 0 Å². The van der Waals surface area contributed by atoms with Crippen LogP contribution in [0.4, 0.5) is 35.3 Å². The molecule has 4 rings (SSSR count). The van der Waals surface area contributed by atoms with Crippen molar-refractivity contribution >= 4 is 34.8 Å². The number of fused-ring (bicyclic) bond motifs is 4. The topological polar surface area (TPSA) is 90.5 Å². The third-order valence-electron chi connectivity index (χ3n) is 5.34. The quantitative estimate of drug-likeness (QED) is 0.751. The summed E-state index contributed by atoms with van der Waals surface area (Å²) in [5.74, 6) is -0.397. The summed E-state index contributed by atoms with van der Waals surface area (Å²) in [6, 6.07) is 5.74. The van der Waals surface area contributed by atoms with Crippen molar-refractivity contribution in [2.24, 2.45) is 0 Å². The third-order valence-corrected chi connectivity index (χ3v) is 5.34. The van der Waals surface area contributed by atoms with Crippen LogP contribution in [0.5, 0.6) is 0 Å². The van der Waals surface area contributed by atoms with Gasteiger partial charge >= 0.3 is 12.2 Å². The number of aromatic nitrogens is 2. The molecule has 4 heterocycles. The van der Waals surface area contributed by atoms with Crippen molar-refractivity contribution < 1.29 is 22.8 Å². The van der Waals surface area contributed by atoms with E-state index in [1.807, 2.05) is 11.8 Å². The van der Waals surface area contributed by atoms with Crippen LogP contribution in [0.3, 0.4) is 0 Å². The molecule has 3 amide bonds. The summed E-state index contributed by atoms with van der Waals surface area (Å²) in [6.07, 6.45) is -2.24. The minimum absolute atomic E-state index is 0.182.